The third-order valence-corrected chi connectivity index (χ3v) is 6.27. The van der Waals surface area contributed by atoms with Crippen LogP contribution in [0.2, 0.25) is 0 Å². The smallest absolute Gasteiger partial charge is 0.211 e. The van der Waals surface area contributed by atoms with Crippen LogP contribution in [0.25, 0.3) is 0 Å². The molecule has 1 N–H and O–H groups in total. The summed E-state index contributed by atoms with van der Waals surface area (Å²) in [6, 6.07) is 5.59. The molecule has 0 saturated heterocycles. The molecule has 0 atom stereocenters. The third kappa shape index (κ3) is 7.80. The number of hydrogen-bond donors (Lipinski definition) is 1. The summed E-state index contributed by atoms with van der Waals surface area (Å²) in [6.45, 7) is 6.48. The molecule has 4 heteroatoms. The van der Waals surface area contributed by atoms with E-state index in [9.17, 15) is 8.42 Å². The maximum Gasteiger partial charge on any atom is 0.241 e. The lowest BCUT2D eigenvalue weighted by molar-refractivity contribution is 0.548. The van der Waals surface area contributed by atoms with E-state index < -0.39 is 10.0 Å². The molecule has 0 aliphatic heterocycles. The molecular formula is C20H35NO2S. The molecule has 1 aromatic rings. The van der Waals surface area contributed by atoms with Crippen LogP contribution in [0, 0.1) is 13.8 Å². The lowest BCUT2D eigenvalue weighted by Gasteiger charge is -2.11. The van der Waals surface area contributed by atoms with Crippen LogP contribution in [0.1, 0.15) is 82.3 Å². The average Bonchev–Trinajstić information content (AvgIpc) is 2.52. The highest BCUT2D eigenvalue weighted by atomic mass is 32.2. The maximum absolute atomic E-state index is 12.4. The molecule has 0 bridgehead atoms. The van der Waals surface area contributed by atoms with Crippen molar-refractivity contribution >= 4 is 10.0 Å². The summed E-state index contributed by atoms with van der Waals surface area (Å²) in [4.78, 5) is 0.442. The lowest BCUT2D eigenvalue weighted by atomic mass is 10.1. The first kappa shape index (κ1) is 21.2. The molecule has 0 aliphatic carbocycles. The van der Waals surface area contributed by atoms with Crippen LogP contribution in [0.5, 0.6) is 0 Å². The van der Waals surface area contributed by atoms with E-state index in [1.165, 1.54) is 51.4 Å². The number of aryl methyl sites for hydroxylation is 2. The molecule has 0 aliphatic rings. The van der Waals surface area contributed by atoms with Crippen molar-refractivity contribution in [2.24, 2.45) is 0 Å². The molecular weight excluding hydrogens is 318 g/mol. The number of unbranched alkanes of at least 4 members (excludes halogenated alkanes) is 9. The average molecular weight is 354 g/mol. The zero-order valence-electron chi connectivity index (χ0n) is 15.7. The summed E-state index contributed by atoms with van der Waals surface area (Å²) >= 11 is 0. The van der Waals surface area contributed by atoms with E-state index >= 15 is 0 Å². The number of hydrogen-bond acceptors (Lipinski definition) is 2. The summed E-state index contributed by atoms with van der Waals surface area (Å²) in [5.41, 5.74) is 1.62. The number of sulfonamides is 1. The van der Waals surface area contributed by atoms with Crippen molar-refractivity contribution in [2.45, 2.75) is 89.9 Å². The second-order valence-corrected chi connectivity index (χ2v) is 8.50. The molecule has 0 saturated carbocycles. The second kappa shape index (κ2) is 11.6. The monoisotopic (exact) mass is 353 g/mol. The van der Waals surface area contributed by atoms with E-state index in [0.717, 1.165) is 24.0 Å². The van der Waals surface area contributed by atoms with Gasteiger partial charge in [0.15, 0.2) is 0 Å². The van der Waals surface area contributed by atoms with Crippen LogP contribution in [0.15, 0.2) is 23.1 Å². The molecule has 0 unspecified atom stereocenters. The summed E-state index contributed by atoms with van der Waals surface area (Å²) in [5, 5.41) is 0. The van der Waals surface area contributed by atoms with Crippen LogP contribution in [0.4, 0.5) is 0 Å². The molecule has 0 spiro atoms. The van der Waals surface area contributed by atoms with Crippen LogP contribution in [-0.4, -0.2) is 15.0 Å². The molecule has 1 rings (SSSR count). The van der Waals surface area contributed by atoms with Crippen LogP contribution >= 0.6 is 0 Å². The van der Waals surface area contributed by atoms with E-state index in [1.807, 2.05) is 32.0 Å². The minimum absolute atomic E-state index is 0.442. The molecule has 1 aromatic carbocycles. The van der Waals surface area contributed by atoms with Gasteiger partial charge in [-0.05, 0) is 31.4 Å². The molecule has 0 aromatic heterocycles. The van der Waals surface area contributed by atoms with Gasteiger partial charge in [0, 0.05) is 6.54 Å². The second-order valence-electron chi connectivity index (χ2n) is 6.80. The van der Waals surface area contributed by atoms with E-state index in [-0.39, 0.29) is 0 Å². The predicted molar refractivity (Wildman–Crippen MR) is 103 cm³/mol. The molecule has 3 nitrogen and oxygen atoms in total. The van der Waals surface area contributed by atoms with Crippen LogP contribution in [-0.2, 0) is 10.0 Å². The van der Waals surface area contributed by atoms with Crippen LogP contribution in [0.3, 0.4) is 0 Å². The largest absolute Gasteiger partial charge is 0.241 e. The van der Waals surface area contributed by atoms with E-state index in [0.29, 0.717) is 11.4 Å². The van der Waals surface area contributed by atoms with E-state index in [1.54, 1.807) is 0 Å². The number of rotatable bonds is 13. The minimum atomic E-state index is -3.38. The molecule has 0 fully saturated rings. The Morgan fingerprint density at radius 1 is 0.792 bits per heavy atom. The fourth-order valence-corrected chi connectivity index (χ4v) is 4.66. The van der Waals surface area contributed by atoms with Crippen molar-refractivity contribution in [3.8, 4) is 0 Å². The molecule has 0 heterocycles. The topological polar surface area (TPSA) is 46.2 Å². The Kier molecular flexibility index (Phi) is 10.3. The Bertz CT molecular complexity index is 547. The van der Waals surface area contributed by atoms with Gasteiger partial charge in [0.1, 0.15) is 0 Å². The van der Waals surface area contributed by atoms with Gasteiger partial charge in [-0.1, -0.05) is 82.9 Å². The highest BCUT2D eigenvalue weighted by Crippen LogP contribution is 2.19. The van der Waals surface area contributed by atoms with Crippen molar-refractivity contribution in [3.63, 3.8) is 0 Å². The van der Waals surface area contributed by atoms with Gasteiger partial charge in [0.25, 0.3) is 0 Å². The van der Waals surface area contributed by atoms with Gasteiger partial charge in [-0.3, -0.25) is 0 Å². The van der Waals surface area contributed by atoms with Gasteiger partial charge in [-0.15, -0.1) is 0 Å². The van der Waals surface area contributed by atoms with Crippen molar-refractivity contribution < 1.29 is 8.42 Å². The quantitative estimate of drug-likeness (QED) is 0.476. The van der Waals surface area contributed by atoms with Gasteiger partial charge in [-0.2, -0.15) is 0 Å². The van der Waals surface area contributed by atoms with E-state index in [2.05, 4.69) is 11.6 Å². The van der Waals surface area contributed by atoms with E-state index in [4.69, 9.17) is 0 Å². The van der Waals surface area contributed by atoms with Gasteiger partial charge >= 0.3 is 0 Å². The van der Waals surface area contributed by atoms with Gasteiger partial charge in [0.05, 0.1) is 4.90 Å². The highest BCUT2D eigenvalue weighted by Gasteiger charge is 2.18. The minimum Gasteiger partial charge on any atom is -0.211 e. The predicted octanol–water partition coefficient (Wildman–Crippen LogP) is 5.50. The zero-order valence-corrected chi connectivity index (χ0v) is 16.6. The highest BCUT2D eigenvalue weighted by molar-refractivity contribution is 7.89. The first-order chi connectivity index (χ1) is 11.5. The molecule has 0 radical (unpaired) electrons. The van der Waals surface area contributed by atoms with Crippen molar-refractivity contribution in [2.75, 3.05) is 6.54 Å². The maximum atomic E-state index is 12.4. The van der Waals surface area contributed by atoms with Crippen molar-refractivity contribution in [1.82, 2.24) is 4.72 Å². The first-order valence-corrected chi connectivity index (χ1v) is 11.0. The summed E-state index contributed by atoms with van der Waals surface area (Å²) < 4.78 is 27.6. The Balaban J connectivity index is 2.17. The number of benzene rings is 1. The van der Waals surface area contributed by atoms with Crippen molar-refractivity contribution in [1.29, 1.82) is 0 Å². The lowest BCUT2D eigenvalue weighted by Crippen LogP contribution is -2.26. The summed E-state index contributed by atoms with van der Waals surface area (Å²) in [6.07, 6.45) is 12.6. The number of nitrogens with one attached hydrogen (secondary N) is 1. The molecule has 0 amide bonds. The molecule has 24 heavy (non-hydrogen) atoms. The van der Waals surface area contributed by atoms with Crippen LogP contribution < -0.4 is 4.72 Å². The fraction of sp³-hybridized carbons (Fsp3) is 0.700. The standard InChI is InChI=1S/C20H35NO2S/c1-4-5-6-7-8-9-10-11-12-13-17-21-24(22,23)20-18(2)15-14-16-19(20)3/h14-16,21H,4-13,17H2,1-3H3. The van der Waals surface area contributed by atoms with Gasteiger partial charge in [0.2, 0.25) is 10.0 Å². The first-order valence-electron chi connectivity index (χ1n) is 9.55. The summed E-state index contributed by atoms with van der Waals surface area (Å²) in [7, 11) is -3.38. The molecule has 138 valence electrons. The Labute approximate surface area is 149 Å². The van der Waals surface area contributed by atoms with Crippen molar-refractivity contribution in [3.05, 3.63) is 29.3 Å². The fourth-order valence-electron chi connectivity index (χ4n) is 3.11. The zero-order chi connectivity index (χ0) is 17.8. The summed E-state index contributed by atoms with van der Waals surface area (Å²) in [5.74, 6) is 0. The Hall–Kier alpha value is -0.870. The van der Waals surface area contributed by atoms with Gasteiger partial charge < -0.3 is 0 Å². The Morgan fingerprint density at radius 3 is 1.75 bits per heavy atom. The third-order valence-electron chi connectivity index (χ3n) is 4.50. The SMILES string of the molecule is CCCCCCCCCCCCNS(=O)(=O)c1c(C)cccc1C. The van der Waals surface area contributed by atoms with Gasteiger partial charge in [-0.25, -0.2) is 13.1 Å². The normalized spacial score (nSPS) is 11.8. The Morgan fingerprint density at radius 2 is 1.25 bits per heavy atom.